The van der Waals surface area contributed by atoms with Crippen LogP contribution in [0.1, 0.15) is 22.9 Å². The molecule has 0 aliphatic carbocycles. The van der Waals surface area contributed by atoms with Crippen LogP contribution < -0.4 is 0 Å². The minimum atomic E-state index is -0.512. The average Bonchev–Trinajstić information content (AvgIpc) is 2.61. The van der Waals surface area contributed by atoms with E-state index in [1.54, 1.807) is 4.68 Å². The third kappa shape index (κ3) is 2.76. The minimum Gasteiger partial charge on any atom is -0.388 e. The number of benzene rings is 1. The molecule has 1 atom stereocenters. The molecule has 1 N–H and O–H groups in total. The fourth-order valence-corrected chi connectivity index (χ4v) is 2.37. The van der Waals surface area contributed by atoms with Gasteiger partial charge in [-0.25, -0.2) is 0 Å². The summed E-state index contributed by atoms with van der Waals surface area (Å²) in [7, 11) is 1.86. The maximum absolute atomic E-state index is 10.2. The molecule has 0 aliphatic rings. The van der Waals surface area contributed by atoms with Gasteiger partial charge in [-0.15, -0.1) is 0 Å². The Labute approximate surface area is 109 Å². The molecule has 0 bridgehead atoms. The zero-order valence-electron chi connectivity index (χ0n) is 9.89. The summed E-state index contributed by atoms with van der Waals surface area (Å²) in [5.74, 6) is 0. The van der Waals surface area contributed by atoms with Gasteiger partial charge < -0.3 is 5.11 Å². The van der Waals surface area contributed by atoms with Gasteiger partial charge in [0.2, 0.25) is 0 Å². The molecule has 1 aromatic heterocycles. The molecule has 4 heteroatoms. The van der Waals surface area contributed by atoms with Crippen LogP contribution in [-0.4, -0.2) is 14.9 Å². The summed E-state index contributed by atoms with van der Waals surface area (Å²) in [6, 6.07) is 7.94. The Kier molecular flexibility index (Phi) is 3.64. The zero-order valence-corrected chi connectivity index (χ0v) is 11.5. The lowest BCUT2D eigenvalue weighted by atomic mass is 10.0. The van der Waals surface area contributed by atoms with Crippen LogP contribution in [0.15, 0.2) is 34.9 Å². The molecule has 0 spiro atoms. The van der Waals surface area contributed by atoms with E-state index in [0.29, 0.717) is 6.42 Å². The minimum absolute atomic E-state index is 0.512. The molecule has 1 unspecified atom stereocenters. The summed E-state index contributed by atoms with van der Waals surface area (Å²) in [5.41, 5.74) is 2.87. The second-order valence-corrected chi connectivity index (χ2v) is 5.01. The molecular weight excluding hydrogens is 280 g/mol. The van der Waals surface area contributed by atoms with Crippen LogP contribution >= 0.6 is 15.9 Å². The Morgan fingerprint density at radius 2 is 2.12 bits per heavy atom. The van der Waals surface area contributed by atoms with Crippen molar-refractivity contribution in [1.29, 1.82) is 0 Å². The van der Waals surface area contributed by atoms with Gasteiger partial charge in [0.25, 0.3) is 0 Å². The van der Waals surface area contributed by atoms with Gasteiger partial charge >= 0.3 is 0 Å². The molecule has 0 amide bonds. The molecule has 1 aromatic carbocycles. The van der Waals surface area contributed by atoms with Gasteiger partial charge in [0.15, 0.2) is 0 Å². The fraction of sp³-hybridized carbons (Fsp3) is 0.308. The Hall–Kier alpha value is -1.13. The van der Waals surface area contributed by atoms with Crippen molar-refractivity contribution in [2.24, 2.45) is 7.05 Å². The molecule has 2 rings (SSSR count). The lowest BCUT2D eigenvalue weighted by Crippen LogP contribution is -2.02. The number of rotatable bonds is 3. The number of hydrogen-bond donors (Lipinski definition) is 1. The van der Waals surface area contributed by atoms with E-state index in [0.717, 1.165) is 21.3 Å². The van der Waals surface area contributed by atoms with E-state index in [9.17, 15) is 5.11 Å². The van der Waals surface area contributed by atoms with Gasteiger partial charge in [-0.2, -0.15) is 5.10 Å². The van der Waals surface area contributed by atoms with Crippen molar-refractivity contribution in [3.05, 3.63) is 51.8 Å². The summed E-state index contributed by atoms with van der Waals surface area (Å²) >= 11 is 3.49. The molecule has 0 aliphatic heterocycles. The highest BCUT2D eigenvalue weighted by atomic mass is 79.9. The number of halogens is 1. The highest BCUT2D eigenvalue weighted by Crippen LogP contribution is 2.24. The predicted molar refractivity (Wildman–Crippen MR) is 70.8 cm³/mol. The summed E-state index contributed by atoms with van der Waals surface area (Å²) in [6.45, 7) is 1.92. The quantitative estimate of drug-likeness (QED) is 0.945. The third-order valence-corrected chi connectivity index (χ3v) is 3.56. The lowest BCUT2D eigenvalue weighted by Gasteiger charge is -2.10. The SMILES string of the molecule is Cc1nn(C)cc1C(O)Cc1ccccc1Br. The molecule has 3 nitrogen and oxygen atoms in total. The third-order valence-electron chi connectivity index (χ3n) is 2.78. The first kappa shape index (κ1) is 12.3. The van der Waals surface area contributed by atoms with Gasteiger partial charge in [0.1, 0.15) is 0 Å². The zero-order chi connectivity index (χ0) is 12.4. The maximum Gasteiger partial charge on any atom is 0.0863 e. The van der Waals surface area contributed by atoms with E-state index in [-0.39, 0.29) is 0 Å². The van der Waals surface area contributed by atoms with Crippen LogP contribution in [0.2, 0.25) is 0 Å². The van der Waals surface area contributed by atoms with E-state index in [1.807, 2.05) is 44.4 Å². The van der Waals surface area contributed by atoms with E-state index < -0.39 is 6.10 Å². The molecule has 2 aromatic rings. The number of aliphatic hydroxyl groups is 1. The van der Waals surface area contributed by atoms with E-state index in [1.165, 1.54) is 0 Å². The van der Waals surface area contributed by atoms with E-state index in [2.05, 4.69) is 21.0 Å². The molecular formula is C13H15BrN2O. The van der Waals surface area contributed by atoms with E-state index >= 15 is 0 Å². The van der Waals surface area contributed by atoms with Crippen LogP contribution in [0.4, 0.5) is 0 Å². The van der Waals surface area contributed by atoms with Gasteiger partial charge in [-0.3, -0.25) is 4.68 Å². The van der Waals surface area contributed by atoms with Crippen molar-refractivity contribution < 1.29 is 5.11 Å². The molecule has 0 saturated carbocycles. The first-order chi connectivity index (χ1) is 8.08. The summed E-state index contributed by atoms with van der Waals surface area (Å²) in [4.78, 5) is 0. The maximum atomic E-state index is 10.2. The number of aromatic nitrogens is 2. The average molecular weight is 295 g/mol. The van der Waals surface area contributed by atoms with Crippen molar-refractivity contribution in [3.63, 3.8) is 0 Å². The summed E-state index contributed by atoms with van der Waals surface area (Å²) < 4.78 is 2.76. The van der Waals surface area contributed by atoms with Gasteiger partial charge in [0, 0.05) is 29.7 Å². The van der Waals surface area contributed by atoms with Gasteiger partial charge in [0.05, 0.1) is 11.8 Å². The monoisotopic (exact) mass is 294 g/mol. The van der Waals surface area contributed by atoms with Gasteiger partial charge in [-0.05, 0) is 18.6 Å². The van der Waals surface area contributed by atoms with Crippen LogP contribution in [0.5, 0.6) is 0 Å². The van der Waals surface area contributed by atoms with E-state index in [4.69, 9.17) is 0 Å². The number of nitrogens with zero attached hydrogens (tertiary/aromatic N) is 2. The first-order valence-electron chi connectivity index (χ1n) is 5.49. The molecule has 90 valence electrons. The number of aliphatic hydroxyl groups excluding tert-OH is 1. The van der Waals surface area contributed by atoms with Crippen molar-refractivity contribution in [2.45, 2.75) is 19.4 Å². The second kappa shape index (κ2) is 5.02. The Morgan fingerprint density at radius 3 is 2.71 bits per heavy atom. The fourth-order valence-electron chi connectivity index (χ4n) is 1.93. The number of aryl methyl sites for hydroxylation is 2. The van der Waals surface area contributed by atoms with Crippen LogP contribution in [0.25, 0.3) is 0 Å². The topological polar surface area (TPSA) is 38.0 Å². The lowest BCUT2D eigenvalue weighted by molar-refractivity contribution is 0.177. The summed E-state index contributed by atoms with van der Waals surface area (Å²) in [6.07, 6.45) is 1.95. The standard InChI is InChI=1S/C13H15BrN2O/c1-9-11(8-16(2)15-9)13(17)7-10-5-3-4-6-12(10)14/h3-6,8,13,17H,7H2,1-2H3. The van der Waals surface area contributed by atoms with Crippen LogP contribution in [0, 0.1) is 6.92 Å². The van der Waals surface area contributed by atoms with Crippen molar-refractivity contribution in [3.8, 4) is 0 Å². The Balaban J connectivity index is 2.20. The molecule has 1 heterocycles. The number of hydrogen-bond acceptors (Lipinski definition) is 2. The smallest absolute Gasteiger partial charge is 0.0863 e. The highest BCUT2D eigenvalue weighted by Gasteiger charge is 2.15. The largest absolute Gasteiger partial charge is 0.388 e. The highest BCUT2D eigenvalue weighted by molar-refractivity contribution is 9.10. The molecule has 17 heavy (non-hydrogen) atoms. The molecule has 0 radical (unpaired) electrons. The summed E-state index contributed by atoms with van der Waals surface area (Å²) in [5, 5.41) is 14.5. The van der Waals surface area contributed by atoms with Crippen molar-refractivity contribution >= 4 is 15.9 Å². The molecule has 0 saturated heterocycles. The molecule has 0 fully saturated rings. The van der Waals surface area contributed by atoms with Crippen molar-refractivity contribution in [2.75, 3.05) is 0 Å². The Bertz CT molecular complexity index is 522. The predicted octanol–water partition coefficient (Wildman–Crippen LogP) is 2.77. The van der Waals surface area contributed by atoms with Crippen LogP contribution in [0.3, 0.4) is 0 Å². The van der Waals surface area contributed by atoms with Crippen molar-refractivity contribution in [1.82, 2.24) is 9.78 Å². The normalized spacial score (nSPS) is 12.7. The van der Waals surface area contributed by atoms with Crippen LogP contribution in [-0.2, 0) is 13.5 Å². The van der Waals surface area contributed by atoms with Gasteiger partial charge in [-0.1, -0.05) is 34.1 Å². The Morgan fingerprint density at radius 1 is 1.41 bits per heavy atom. The second-order valence-electron chi connectivity index (χ2n) is 4.15. The first-order valence-corrected chi connectivity index (χ1v) is 6.29.